The fourth-order valence-corrected chi connectivity index (χ4v) is 2.04. The summed E-state index contributed by atoms with van der Waals surface area (Å²) in [6, 6.07) is 3.66. The number of alkyl halides is 3. The van der Waals surface area contributed by atoms with Crippen molar-refractivity contribution in [2.24, 2.45) is 0 Å². The lowest BCUT2D eigenvalue weighted by Crippen LogP contribution is -2.22. The van der Waals surface area contributed by atoms with E-state index >= 15 is 0 Å². The van der Waals surface area contributed by atoms with Crippen molar-refractivity contribution >= 4 is 27.5 Å². The minimum atomic E-state index is -4.37. The van der Waals surface area contributed by atoms with Crippen molar-refractivity contribution in [2.75, 3.05) is 26.0 Å². The lowest BCUT2D eigenvalue weighted by atomic mass is 10.2. The molecule has 1 aromatic rings. The number of carbonyl (C=O) groups excluding carboxylic acids is 1. The predicted molar refractivity (Wildman–Crippen MR) is 75.6 cm³/mol. The van der Waals surface area contributed by atoms with Crippen LogP contribution in [0.3, 0.4) is 0 Å². The van der Waals surface area contributed by atoms with Crippen LogP contribution in [0.15, 0.2) is 22.7 Å². The summed E-state index contributed by atoms with van der Waals surface area (Å²) in [6.45, 7) is 0.438. The van der Waals surface area contributed by atoms with Crippen LogP contribution >= 0.6 is 15.9 Å². The Morgan fingerprint density at radius 2 is 1.95 bits per heavy atom. The number of nitrogens with one attached hydrogen (secondary N) is 1. The molecule has 112 valence electrons. The largest absolute Gasteiger partial charge is 0.416 e. The lowest BCUT2D eigenvalue weighted by Gasteiger charge is -2.13. The summed E-state index contributed by atoms with van der Waals surface area (Å²) in [5.41, 5.74) is -0.331. The average Bonchev–Trinajstić information content (AvgIpc) is 2.32. The second-order valence-electron chi connectivity index (χ2n) is 4.54. The van der Waals surface area contributed by atoms with Gasteiger partial charge in [-0.25, -0.2) is 0 Å². The van der Waals surface area contributed by atoms with Crippen LogP contribution in [-0.2, 0) is 11.0 Å². The molecule has 0 aliphatic rings. The van der Waals surface area contributed by atoms with Crippen LogP contribution in [0.1, 0.15) is 18.4 Å². The zero-order chi connectivity index (χ0) is 15.3. The Labute approximate surface area is 124 Å². The molecule has 0 saturated heterocycles. The fraction of sp³-hybridized carbons (Fsp3) is 0.462. The first-order valence-electron chi connectivity index (χ1n) is 6.02. The Morgan fingerprint density at radius 1 is 1.30 bits per heavy atom. The molecular formula is C13H16BrF3N2O. The molecule has 1 rings (SSSR count). The molecule has 0 atom stereocenters. The molecule has 0 radical (unpaired) electrons. The van der Waals surface area contributed by atoms with Gasteiger partial charge in [0.25, 0.3) is 0 Å². The van der Waals surface area contributed by atoms with Crippen LogP contribution in [-0.4, -0.2) is 31.4 Å². The maximum Gasteiger partial charge on any atom is 0.416 e. The third kappa shape index (κ3) is 5.40. The summed E-state index contributed by atoms with van der Waals surface area (Å²) >= 11 is 3.06. The molecule has 0 fully saturated rings. The average molecular weight is 353 g/mol. The summed E-state index contributed by atoms with van der Waals surface area (Å²) in [6.07, 6.45) is -3.45. The third-order valence-corrected chi connectivity index (χ3v) is 3.08. The van der Waals surface area contributed by atoms with Crippen LogP contribution in [0.2, 0.25) is 0 Å². The van der Waals surface area contributed by atoms with Gasteiger partial charge in [0.15, 0.2) is 0 Å². The van der Waals surface area contributed by atoms with Crippen molar-refractivity contribution in [3.63, 3.8) is 0 Å². The number of carbonyl (C=O) groups is 1. The van der Waals surface area contributed by atoms with Gasteiger partial charge < -0.3 is 10.2 Å². The normalized spacial score (nSPS) is 11.3. The van der Waals surface area contributed by atoms with Gasteiger partial charge in [0.05, 0.1) is 5.56 Å². The molecule has 0 bridgehead atoms. The van der Waals surface area contributed by atoms with Gasteiger partial charge in [0.2, 0.25) is 5.91 Å². The third-order valence-electron chi connectivity index (χ3n) is 2.62. The van der Waals surface area contributed by atoms with Crippen molar-refractivity contribution in [3.8, 4) is 0 Å². The van der Waals surface area contributed by atoms with Gasteiger partial charge in [-0.15, -0.1) is 0 Å². The van der Waals surface area contributed by atoms with Gasteiger partial charge >= 0.3 is 6.18 Å². The van der Waals surface area contributed by atoms with E-state index in [0.29, 0.717) is 29.5 Å². The zero-order valence-electron chi connectivity index (χ0n) is 11.2. The molecule has 0 aliphatic carbocycles. The van der Waals surface area contributed by atoms with E-state index in [2.05, 4.69) is 21.2 Å². The second kappa shape index (κ2) is 6.97. The molecule has 3 nitrogen and oxygen atoms in total. The topological polar surface area (TPSA) is 32.3 Å². The fourth-order valence-electron chi connectivity index (χ4n) is 1.55. The Morgan fingerprint density at radius 3 is 2.50 bits per heavy atom. The van der Waals surface area contributed by atoms with Gasteiger partial charge in [-0.1, -0.05) is 15.9 Å². The monoisotopic (exact) mass is 352 g/mol. The van der Waals surface area contributed by atoms with Crippen molar-refractivity contribution < 1.29 is 18.0 Å². The molecule has 1 N–H and O–H groups in total. The van der Waals surface area contributed by atoms with Crippen LogP contribution < -0.4 is 5.32 Å². The van der Waals surface area contributed by atoms with Crippen LogP contribution in [0.4, 0.5) is 18.9 Å². The Hall–Kier alpha value is -1.24. The quantitative estimate of drug-likeness (QED) is 0.818. The smallest absolute Gasteiger partial charge is 0.385 e. The highest BCUT2D eigenvalue weighted by Gasteiger charge is 2.31. The molecule has 1 aromatic carbocycles. The number of benzene rings is 1. The Bertz CT molecular complexity index is 475. The molecule has 7 heteroatoms. The zero-order valence-corrected chi connectivity index (χ0v) is 12.8. The standard InChI is InChI=1S/C13H16BrF3N2O/c1-19(2)12(20)4-3-5-18-11-7-9(13(15,16)17)6-10(14)8-11/h6-8,18H,3-5H2,1-2H3. The minimum Gasteiger partial charge on any atom is -0.385 e. The van der Waals surface area contributed by atoms with E-state index in [9.17, 15) is 18.0 Å². The molecule has 0 heterocycles. The number of rotatable bonds is 5. The molecular weight excluding hydrogens is 337 g/mol. The summed E-state index contributed by atoms with van der Waals surface area (Å²) in [5, 5.41) is 2.89. The van der Waals surface area contributed by atoms with E-state index in [-0.39, 0.29) is 5.91 Å². The van der Waals surface area contributed by atoms with E-state index in [1.54, 1.807) is 20.2 Å². The van der Waals surface area contributed by atoms with Gasteiger partial charge in [0, 0.05) is 37.2 Å². The second-order valence-corrected chi connectivity index (χ2v) is 5.46. The summed E-state index contributed by atoms with van der Waals surface area (Å²) in [4.78, 5) is 12.8. The first-order chi connectivity index (χ1) is 9.20. The van der Waals surface area contributed by atoms with Crippen molar-refractivity contribution in [1.82, 2.24) is 4.90 Å². The van der Waals surface area contributed by atoms with Gasteiger partial charge in [-0.2, -0.15) is 13.2 Å². The lowest BCUT2D eigenvalue weighted by molar-refractivity contribution is -0.137. The van der Waals surface area contributed by atoms with Gasteiger partial charge in [0.1, 0.15) is 0 Å². The van der Waals surface area contributed by atoms with E-state index in [1.165, 1.54) is 4.90 Å². The Balaban J connectivity index is 2.56. The molecule has 0 aliphatic heterocycles. The molecule has 1 amide bonds. The van der Waals surface area contributed by atoms with E-state index in [0.717, 1.165) is 12.1 Å². The van der Waals surface area contributed by atoms with Crippen LogP contribution in [0.5, 0.6) is 0 Å². The highest BCUT2D eigenvalue weighted by Crippen LogP contribution is 2.33. The summed E-state index contributed by atoms with van der Waals surface area (Å²) in [5.74, 6) is -0.00276. The molecule has 0 unspecified atom stereocenters. The molecule has 0 spiro atoms. The number of hydrogen-bond acceptors (Lipinski definition) is 2. The maximum absolute atomic E-state index is 12.6. The van der Waals surface area contributed by atoms with E-state index < -0.39 is 11.7 Å². The number of anilines is 1. The minimum absolute atomic E-state index is 0.00276. The van der Waals surface area contributed by atoms with E-state index in [4.69, 9.17) is 0 Å². The number of halogens is 4. The highest BCUT2D eigenvalue weighted by molar-refractivity contribution is 9.10. The molecule has 20 heavy (non-hydrogen) atoms. The van der Waals surface area contributed by atoms with Gasteiger partial charge in [-0.3, -0.25) is 4.79 Å². The SMILES string of the molecule is CN(C)C(=O)CCCNc1cc(Br)cc(C(F)(F)F)c1. The first kappa shape index (κ1) is 16.8. The van der Waals surface area contributed by atoms with Crippen LogP contribution in [0, 0.1) is 0 Å². The van der Waals surface area contributed by atoms with Crippen molar-refractivity contribution in [1.29, 1.82) is 0 Å². The summed E-state index contributed by atoms with van der Waals surface area (Å²) in [7, 11) is 3.33. The first-order valence-corrected chi connectivity index (χ1v) is 6.81. The van der Waals surface area contributed by atoms with Gasteiger partial charge in [-0.05, 0) is 24.6 Å². The highest BCUT2D eigenvalue weighted by atomic mass is 79.9. The predicted octanol–water partition coefficient (Wildman–Crippen LogP) is 3.75. The Kier molecular flexibility index (Phi) is 5.86. The number of nitrogens with zero attached hydrogens (tertiary/aromatic N) is 1. The number of amides is 1. The molecule has 0 saturated carbocycles. The van der Waals surface area contributed by atoms with Crippen molar-refractivity contribution in [3.05, 3.63) is 28.2 Å². The molecule has 0 aromatic heterocycles. The summed E-state index contributed by atoms with van der Waals surface area (Å²) < 4.78 is 38.3. The van der Waals surface area contributed by atoms with Crippen LogP contribution in [0.25, 0.3) is 0 Å². The van der Waals surface area contributed by atoms with E-state index in [1.807, 2.05) is 0 Å². The maximum atomic E-state index is 12.6. The number of hydrogen-bond donors (Lipinski definition) is 1. The van der Waals surface area contributed by atoms with Crippen molar-refractivity contribution in [2.45, 2.75) is 19.0 Å².